The molecule has 8 nitrogen and oxygen atoms in total. The molecule has 0 amide bonds. The first-order valence-electron chi connectivity index (χ1n) is 5.92. The smallest absolute Gasteiger partial charge is 0.195 e. The second-order valence-electron chi connectivity index (χ2n) is 4.50. The van der Waals surface area contributed by atoms with Crippen molar-refractivity contribution < 1.29 is 40.1 Å². The Balaban J connectivity index is 2.15. The first-order chi connectivity index (χ1) is 9.42. The number of aromatic hydroxyl groups is 2. The minimum atomic E-state index is -1.59. The maximum Gasteiger partial charge on any atom is 0.195 e. The lowest BCUT2D eigenvalue weighted by Gasteiger charge is -2.39. The maximum absolute atomic E-state index is 9.86. The zero-order valence-electron chi connectivity index (χ0n) is 10.3. The number of aliphatic hydroxyl groups is 4. The third-order valence-electron chi connectivity index (χ3n) is 2.99. The number of phenolic OH excluding ortho intramolecular Hbond substituents is 2. The number of aliphatic hydroxyl groups excluding tert-OH is 4. The second-order valence-corrected chi connectivity index (χ2v) is 4.50. The first-order valence-corrected chi connectivity index (χ1v) is 5.92. The van der Waals surface area contributed by atoms with Gasteiger partial charge in [-0.2, -0.15) is 0 Å². The predicted octanol–water partition coefficient (Wildman–Crippen LogP) is -1.72. The summed E-state index contributed by atoms with van der Waals surface area (Å²) in [5.41, 5.74) is 0. The molecule has 1 aliphatic rings. The SMILES string of the molecule is OC[C@H]1O[C@H](O)[C@H](Oc2cc(O)cc(O)c2)[C@@H](O)[C@@H]1O. The van der Waals surface area contributed by atoms with Crippen LogP contribution >= 0.6 is 0 Å². The minimum Gasteiger partial charge on any atom is -0.508 e. The van der Waals surface area contributed by atoms with Crippen LogP contribution in [0.1, 0.15) is 0 Å². The fourth-order valence-corrected chi connectivity index (χ4v) is 1.99. The summed E-state index contributed by atoms with van der Waals surface area (Å²) in [6, 6.07) is 3.39. The van der Waals surface area contributed by atoms with E-state index < -0.39 is 37.3 Å². The molecule has 1 aromatic carbocycles. The van der Waals surface area contributed by atoms with Crippen LogP contribution in [-0.4, -0.2) is 68.0 Å². The fraction of sp³-hybridized carbons (Fsp3) is 0.500. The summed E-state index contributed by atoms with van der Waals surface area (Å²) in [6.45, 7) is -0.574. The van der Waals surface area contributed by atoms with E-state index >= 15 is 0 Å². The lowest BCUT2D eigenvalue weighted by Crippen LogP contribution is -2.60. The average Bonchev–Trinajstić information content (AvgIpc) is 2.38. The molecule has 0 bridgehead atoms. The Bertz CT molecular complexity index is 445. The molecular formula is C12H16O8. The zero-order chi connectivity index (χ0) is 14.9. The number of phenols is 2. The summed E-state index contributed by atoms with van der Waals surface area (Å²) >= 11 is 0. The molecule has 0 unspecified atom stereocenters. The van der Waals surface area contributed by atoms with Crippen molar-refractivity contribution >= 4 is 0 Å². The first kappa shape index (κ1) is 14.8. The van der Waals surface area contributed by atoms with Gasteiger partial charge in [0.2, 0.25) is 0 Å². The number of benzene rings is 1. The second kappa shape index (κ2) is 5.81. The molecule has 1 aliphatic heterocycles. The molecule has 5 atom stereocenters. The highest BCUT2D eigenvalue weighted by Gasteiger charge is 2.45. The van der Waals surface area contributed by atoms with Crippen LogP contribution in [0.2, 0.25) is 0 Å². The molecule has 2 rings (SSSR count). The van der Waals surface area contributed by atoms with E-state index in [2.05, 4.69) is 0 Å². The molecule has 0 aliphatic carbocycles. The quantitative estimate of drug-likeness (QED) is 0.386. The van der Waals surface area contributed by atoms with E-state index in [-0.39, 0.29) is 17.2 Å². The van der Waals surface area contributed by atoms with Gasteiger partial charge in [0.25, 0.3) is 0 Å². The molecule has 0 saturated carbocycles. The standard InChI is InChI=1S/C12H16O8/c13-4-8-9(16)10(17)11(12(18)20-8)19-7-2-5(14)1-6(15)3-7/h1-3,8-18H,4H2/t8-,9-,10+,11-,12+/m1/s1. The van der Waals surface area contributed by atoms with Crippen LogP contribution in [0.4, 0.5) is 0 Å². The van der Waals surface area contributed by atoms with E-state index in [9.17, 15) is 25.5 Å². The minimum absolute atomic E-state index is 0.0242. The molecule has 0 radical (unpaired) electrons. The predicted molar refractivity (Wildman–Crippen MR) is 64.2 cm³/mol. The van der Waals surface area contributed by atoms with Crippen molar-refractivity contribution in [1.29, 1.82) is 0 Å². The summed E-state index contributed by atoms with van der Waals surface area (Å²) in [5.74, 6) is -0.562. The van der Waals surface area contributed by atoms with Crippen LogP contribution in [0.5, 0.6) is 17.2 Å². The summed E-state index contributed by atoms with van der Waals surface area (Å²) < 4.78 is 10.1. The van der Waals surface area contributed by atoms with E-state index in [1.807, 2.05) is 0 Å². The van der Waals surface area contributed by atoms with Gasteiger partial charge in [-0.05, 0) is 0 Å². The van der Waals surface area contributed by atoms with Gasteiger partial charge < -0.3 is 40.1 Å². The lowest BCUT2D eigenvalue weighted by molar-refractivity contribution is -0.280. The van der Waals surface area contributed by atoms with Gasteiger partial charge in [0, 0.05) is 18.2 Å². The third kappa shape index (κ3) is 2.94. The van der Waals surface area contributed by atoms with Gasteiger partial charge in [0.1, 0.15) is 35.6 Å². The molecule has 0 aromatic heterocycles. The molecule has 1 aromatic rings. The van der Waals surface area contributed by atoms with Crippen LogP contribution in [-0.2, 0) is 4.74 Å². The molecule has 112 valence electrons. The molecular weight excluding hydrogens is 272 g/mol. The van der Waals surface area contributed by atoms with E-state index in [0.717, 1.165) is 18.2 Å². The summed E-state index contributed by atoms with van der Waals surface area (Å²) in [6.07, 6.45) is -7.01. The summed E-state index contributed by atoms with van der Waals surface area (Å²) in [7, 11) is 0. The summed E-state index contributed by atoms with van der Waals surface area (Å²) in [5, 5.41) is 56.8. The van der Waals surface area contributed by atoms with E-state index in [0.29, 0.717) is 0 Å². The van der Waals surface area contributed by atoms with Crippen molar-refractivity contribution in [3.05, 3.63) is 18.2 Å². The Labute approximate surface area is 114 Å². The molecule has 1 fully saturated rings. The average molecular weight is 288 g/mol. The van der Waals surface area contributed by atoms with E-state index in [4.69, 9.17) is 14.6 Å². The molecule has 20 heavy (non-hydrogen) atoms. The summed E-state index contributed by atoms with van der Waals surface area (Å²) in [4.78, 5) is 0. The van der Waals surface area contributed by atoms with E-state index in [1.165, 1.54) is 0 Å². The third-order valence-corrected chi connectivity index (χ3v) is 2.99. The molecule has 8 heteroatoms. The number of ether oxygens (including phenoxy) is 2. The Hall–Kier alpha value is -1.58. The van der Waals surface area contributed by atoms with E-state index in [1.54, 1.807) is 0 Å². The Morgan fingerprint density at radius 3 is 2.15 bits per heavy atom. The van der Waals surface area contributed by atoms with Crippen molar-refractivity contribution in [2.75, 3.05) is 6.61 Å². The van der Waals surface area contributed by atoms with Gasteiger partial charge in [-0.3, -0.25) is 0 Å². The monoisotopic (exact) mass is 288 g/mol. The van der Waals surface area contributed by atoms with Crippen LogP contribution in [0.25, 0.3) is 0 Å². The fourth-order valence-electron chi connectivity index (χ4n) is 1.99. The zero-order valence-corrected chi connectivity index (χ0v) is 10.3. The Morgan fingerprint density at radius 1 is 1.00 bits per heavy atom. The maximum atomic E-state index is 9.86. The Morgan fingerprint density at radius 2 is 1.60 bits per heavy atom. The Kier molecular flexibility index (Phi) is 4.31. The van der Waals surface area contributed by atoms with Crippen molar-refractivity contribution in [2.24, 2.45) is 0 Å². The molecule has 1 saturated heterocycles. The van der Waals surface area contributed by atoms with Gasteiger partial charge in [-0.1, -0.05) is 0 Å². The molecule has 0 spiro atoms. The van der Waals surface area contributed by atoms with Crippen molar-refractivity contribution in [3.63, 3.8) is 0 Å². The normalized spacial score (nSPS) is 33.9. The highest BCUT2D eigenvalue weighted by Crippen LogP contribution is 2.29. The lowest BCUT2D eigenvalue weighted by atomic mass is 9.99. The van der Waals surface area contributed by atoms with Gasteiger partial charge in [-0.25, -0.2) is 0 Å². The van der Waals surface area contributed by atoms with Gasteiger partial charge >= 0.3 is 0 Å². The molecule has 6 N–H and O–H groups in total. The number of hydrogen-bond acceptors (Lipinski definition) is 8. The van der Waals surface area contributed by atoms with Gasteiger partial charge in [0.15, 0.2) is 12.4 Å². The van der Waals surface area contributed by atoms with Gasteiger partial charge in [-0.15, -0.1) is 0 Å². The topological polar surface area (TPSA) is 140 Å². The largest absolute Gasteiger partial charge is 0.508 e. The van der Waals surface area contributed by atoms with Crippen molar-refractivity contribution in [2.45, 2.75) is 30.7 Å². The number of rotatable bonds is 3. The van der Waals surface area contributed by atoms with Crippen LogP contribution in [0, 0.1) is 0 Å². The van der Waals surface area contributed by atoms with Crippen molar-refractivity contribution in [1.82, 2.24) is 0 Å². The highest BCUT2D eigenvalue weighted by molar-refractivity contribution is 5.40. The molecule has 1 heterocycles. The number of hydrogen-bond donors (Lipinski definition) is 6. The van der Waals surface area contributed by atoms with Crippen LogP contribution in [0.3, 0.4) is 0 Å². The highest BCUT2D eigenvalue weighted by atomic mass is 16.7. The van der Waals surface area contributed by atoms with Crippen molar-refractivity contribution in [3.8, 4) is 17.2 Å². The van der Waals surface area contributed by atoms with Crippen LogP contribution in [0.15, 0.2) is 18.2 Å². The van der Waals surface area contributed by atoms with Gasteiger partial charge in [0.05, 0.1) is 6.61 Å². The van der Waals surface area contributed by atoms with Crippen LogP contribution < -0.4 is 4.74 Å².